The Morgan fingerprint density at radius 1 is 1.07 bits per heavy atom. The van der Waals surface area contributed by atoms with Crippen LogP contribution in [0.25, 0.3) is 16.8 Å². The summed E-state index contributed by atoms with van der Waals surface area (Å²) in [6, 6.07) is 16.6. The van der Waals surface area contributed by atoms with E-state index in [0.717, 1.165) is 35.1 Å². The number of rotatable bonds is 4. The van der Waals surface area contributed by atoms with Crippen molar-refractivity contribution in [3.8, 4) is 11.1 Å². The molecule has 0 spiro atoms. The largest absolute Gasteiger partial charge is 0.377 e. The minimum atomic E-state index is 0.684. The molecule has 1 aliphatic heterocycles. The first-order valence-corrected chi connectivity index (χ1v) is 10.2. The Morgan fingerprint density at radius 3 is 2.79 bits per heavy atom. The van der Waals surface area contributed by atoms with Crippen molar-refractivity contribution >= 4 is 22.9 Å². The topological polar surface area (TPSA) is 34.3 Å². The summed E-state index contributed by atoms with van der Waals surface area (Å²) >= 11 is 6.26. The summed E-state index contributed by atoms with van der Waals surface area (Å²) in [6.07, 6.45) is 5.68. The number of benzene rings is 2. The Kier molecular flexibility index (Phi) is 4.36. The van der Waals surface area contributed by atoms with Crippen molar-refractivity contribution in [2.45, 2.75) is 39.3 Å². The maximum absolute atomic E-state index is 6.26. The summed E-state index contributed by atoms with van der Waals surface area (Å²) in [5.74, 6) is 1.07. The minimum absolute atomic E-state index is 0.684. The zero-order valence-electron chi connectivity index (χ0n) is 16.0. The van der Waals surface area contributed by atoms with Crippen LogP contribution in [0.2, 0.25) is 5.02 Å². The van der Waals surface area contributed by atoms with Gasteiger partial charge in [-0.05, 0) is 49.4 Å². The summed E-state index contributed by atoms with van der Waals surface area (Å²) < 4.78 is 4.46. The van der Waals surface area contributed by atoms with E-state index in [1.807, 2.05) is 19.1 Å². The Bertz CT molecular complexity index is 1140. The summed E-state index contributed by atoms with van der Waals surface area (Å²) in [5, 5.41) is 9.23. The van der Waals surface area contributed by atoms with Gasteiger partial charge in [0.2, 0.25) is 0 Å². The first-order chi connectivity index (χ1) is 13.7. The van der Waals surface area contributed by atoms with Gasteiger partial charge in [-0.25, -0.2) is 4.52 Å². The maximum Gasteiger partial charge on any atom is 0.150 e. The second kappa shape index (κ2) is 7.02. The van der Waals surface area contributed by atoms with Crippen molar-refractivity contribution in [1.29, 1.82) is 0 Å². The highest BCUT2D eigenvalue weighted by molar-refractivity contribution is 6.31. The summed E-state index contributed by atoms with van der Waals surface area (Å²) in [6.45, 7) is 3.74. The lowest BCUT2D eigenvalue weighted by Crippen LogP contribution is -2.09. The number of aromatic nitrogens is 3. The normalized spacial score (nSPS) is 13.6. The molecule has 0 aliphatic carbocycles. The molecule has 0 saturated carbocycles. The Labute approximate surface area is 169 Å². The van der Waals surface area contributed by atoms with Crippen LogP contribution in [0.15, 0.2) is 54.7 Å². The quantitative estimate of drug-likeness (QED) is 0.484. The molecule has 4 nitrogen and oxygen atoms in total. The summed E-state index contributed by atoms with van der Waals surface area (Å²) in [5.41, 5.74) is 7.38. The van der Waals surface area contributed by atoms with Gasteiger partial charge in [0.15, 0.2) is 5.82 Å². The standard InChI is InChI=1S/C23H23ClN4/c1-16-20(24)11-7-12-21(16)25-14-22-26-28-15-19(17-8-3-2-4-9-17)18-10-5-6-13-27(22)23(18)28/h2-4,7-9,11-12,15,25H,5-6,10,13-14H2,1H3. The number of halogens is 1. The third-order valence-electron chi connectivity index (χ3n) is 5.70. The van der Waals surface area contributed by atoms with E-state index in [-0.39, 0.29) is 0 Å². The summed E-state index contributed by atoms with van der Waals surface area (Å²) in [7, 11) is 0. The summed E-state index contributed by atoms with van der Waals surface area (Å²) in [4.78, 5) is 0. The highest BCUT2D eigenvalue weighted by Gasteiger charge is 2.22. The zero-order valence-corrected chi connectivity index (χ0v) is 16.7. The molecule has 5 rings (SSSR count). The van der Waals surface area contributed by atoms with Crippen LogP contribution in [0.3, 0.4) is 0 Å². The SMILES string of the molecule is Cc1c(Cl)cccc1NCc1nn2cc(-c3ccccc3)c3c2n1CCCC3. The monoisotopic (exact) mass is 390 g/mol. The second-order valence-corrected chi connectivity index (χ2v) is 7.85. The van der Waals surface area contributed by atoms with Crippen molar-refractivity contribution in [3.05, 3.63) is 76.7 Å². The van der Waals surface area contributed by atoms with E-state index in [9.17, 15) is 0 Å². The Hall–Kier alpha value is -2.72. The van der Waals surface area contributed by atoms with Gasteiger partial charge < -0.3 is 9.88 Å². The van der Waals surface area contributed by atoms with Gasteiger partial charge >= 0.3 is 0 Å². The predicted molar refractivity (Wildman–Crippen MR) is 115 cm³/mol. The number of nitrogens with one attached hydrogen (secondary N) is 1. The van der Waals surface area contributed by atoms with Crippen LogP contribution < -0.4 is 5.32 Å². The van der Waals surface area contributed by atoms with Gasteiger partial charge in [0.1, 0.15) is 5.65 Å². The Morgan fingerprint density at radius 2 is 1.93 bits per heavy atom. The van der Waals surface area contributed by atoms with Crippen LogP contribution in [0.4, 0.5) is 5.69 Å². The Balaban J connectivity index is 1.53. The van der Waals surface area contributed by atoms with Crippen molar-refractivity contribution < 1.29 is 0 Å². The average molecular weight is 391 g/mol. The fourth-order valence-corrected chi connectivity index (χ4v) is 4.38. The van der Waals surface area contributed by atoms with Gasteiger partial charge in [0.05, 0.1) is 6.54 Å². The molecule has 0 amide bonds. The molecule has 3 heterocycles. The van der Waals surface area contributed by atoms with Gasteiger partial charge in [0, 0.05) is 34.6 Å². The lowest BCUT2D eigenvalue weighted by molar-refractivity contribution is 0.619. The van der Waals surface area contributed by atoms with Gasteiger partial charge in [-0.1, -0.05) is 48.0 Å². The molecule has 1 N–H and O–H groups in total. The van der Waals surface area contributed by atoms with E-state index in [4.69, 9.17) is 16.7 Å². The van der Waals surface area contributed by atoms with Gasteiger partial charge in [-0.15, -0.1) is 0 Å². The van der Waals surface area contributed by atoms with Crippen LogP contribution in [0.5, 0.6) is 0 Å². The molecular formula is C23H23ClN4. The van der Waals surface area contributed by atoms with E-state index < -0.39 is 0 Å². The van der Waals surface area contributed by atoms with E-state index >= 15 is 0 Å². The van der Waals surface area contributed by atoms with E-state index in [0.29, 0.717) is 6.54 Å². The molecule has 4 aromatic rings. The molecule has 0 radical (unpaired) electrons. The van der Waals surface area contributed by atoms with Crippen molar-refractivity contribution in [2.75, 3.05) is 5.32 Å². The fourth-order valence-electron chi connectivity index (χ4n) is 4.21. The smallest absolute Gasteiger partial charge is 0.150 e. The van der Waals surface area contributed by atoms with Crippen LogP contribution in [-0.4, -0.2) is 14.2 Å². The van der Waals surface area contributed by atoms with E-state index in [1.54, 1.807) is 0 Å². The minimum Gasteiger partial charge on any atom is -0.377 e. The highest BCUT2D eigenvalue weighted by Crippen LogP contribution is 2.33. The first kappa shape index (κ1) is 17.4. The van der Waals surface area contributed by atoms with Gasteiger partial charge in [0.25, 0.3) is 0 Å². The van der Waals surface area contributed by atoms with Gasteiger partial charge in [-0.3, -0.25) is 0 Å². The molecule has 0 saturated heterocycles. The number of anilines is 1. The predicted octanol–water partition coefficient (Wildman–Crippen LogP) is 5.71. The molecule has 2 aromatic heterocycles. The highest BCUT2D eigenvalue weighted by atomic mass is 35.5. The lowest BCUT2D eigenvalue weighted by Gasteiger charge is -2.11. The molecule has 0 atom stereocenters. The number of hydrogen-bond donors (Lipinski definition) is 1. The van der Waals surface area contributed by atoms with E-state index in [2.05, 4.69) is 57.0 Å². The molecule has 28 heavy (non-hydrogen) atoms. The van der Waals surface area contributed by atoms with Crippen molar-refractivity contribution in [2.24, 2.45) is 0 Å². The second-order valence-electron chi connectivity index (χ2n) is 7.45. The van der Waals surface area contributed by atoms with Crippen LogP contribution in [-0.2, 0) is 19.5 Å². The third kappa shape index (κ3) is 2.89. The number of aryl methyl sites for hydroxylation is 2. The maximum atomic E-state index is 6.26. The first-order valence-electron chi connectivity index (χ1n) is 9.86. The van der Waals surface area contributed by atoms with Crippen LogP contribution in [0, 0.1) is 6.92 Å². The molecule has 5 heteroatoms. The van der Waals surface area contributed by atoms with Gasteiger partial charge in [-0.2, -0.15) is 5.10 Å². The molecule has 0 bridgehead atoms. The van der Waals surface area contributed by atoms with Crippen molar-refractivity contribution in [3.63, 3.8) is 0 Å². The lowest BCUT2D eigenvalue weighted by atomic mass is 10.0. The molecule has 142 valence electrons. The zero-order chi connectivity index (χ0) is 19.1. The molecule has 1 aliphatic rings. The molecule has 0 unspecified atom stereocenters. The third-order valence-corrected chi connectivity index (χ3v) is 6.11. The average Bonchev–Trinajstić information content (AvgIpc) is 3.13. The molecular weight excluding hydrogens is 368 g/mol. The van der Waals surface area contributed by atoms with E-state index in [1.165, 1.54) is 35.2 Å². The van der Waals surface area contributed by atoms with Crippen molar-refractivity contribution in [1.82, 2.24) is 14.2 Å². The number of hydrogen-bond acceptors (Lipinski definition) is 2. The van der Waals surface area contributed by atoms with Crippen LogP contribution in [0.1, 0.15) is 29.8 Å². The molecule has 0 fully saturated rings. The fraction of sp³-hybridized carbons (Fsp3) is 0.261. The number of nitrogens with zero attached hydrogens (tertiary/aromatic N) is 3. The van der Waals surface area contributed by atoms with Crippen LogP contribution >= 0.6 is 11.6 Å². The molecule has 2 aromatic carbocycles.